The van der Waals surface area contributed by atoms with Crippen LogP contribution < -0.4 is 0 Å². The van der Waals surface area contributed by atoms with Crippen LogP contribution in [0.5, 0.6) is 0 Å². The molecule has 0 unspecified atom stereocenters. The Labute approximate surface area is 405 Å². The number of Topliss-reactive ketones (excluding diaryl/α,β-unsaturated/α-hetero) is 2. The van der Waals surface area contributed by atoms with Gasteiger partial charge in [-0.2, -0.15) is 0 Å². The Balaban J connectivity index is 0.000000196. The SMILES string of the molecule is Cc1c(CC(=O)CC2CCC(O)CC2)cc(Cl)cc1CN1CCN(C(=O)CC2CC2)[C@@H](C)C1.Cc1c(CC(=O)CC2CCC(O)CC2)cc(Cl)cc1CN1CCN(C(=O)CC2CC2)[C@@H](C)C1. The summed E-state index contributed by atoms with van der Waals surface area (Å²) in [6, 6.07) is 8.39. The van der Waals surface area contributed by atoms with Crippen LogP contribution >= 0.6 is 23.2 Å². The maximum absolute atomic E-state index is 12.8. The van der Waals surface area contributed by atoms with Crippen molar-refractivity contribution in [3.63, 3.8) is 0 Å². The molecular formula is C54H78Cl2N4O6. The molecule has 2 aliphatic heterocycles. The lowest BCUT2D eigenvalue weighted by atomic mass is 9.83. The van der Waals surface area contributed by atoms with Gasteiger partial charge >= 0.3 is 0 Å². The summed E-state index contributed by atoms with van der Waals surface area (Å²) in [5.41, 5.74) is 6.74. The first-order valence-corrected chi connectivity index (χ1v) is 26.3. The lowest BCUT2D eigenvalue weighted by molar-refractivity contribution is -0.137. The summed E-state index contributed by atoms with van der Waals surface area (Å²) in [4.78, 5) is 59.7. The van der Waals surface area contributed by atoms with E-state index in [0.29, 0.717) is 71.2 Å². The number of piperazine rings is 2. The average Bonchev–Trinajstić information content (AvgIpc) is 4.22. The van der Waals surface area contributed by atoms with Crippen molar-refractivity contribution in [2.45, 2.75) is 181 Å². The minimum atomic E-state index is -0.185. The number of ketones is 2. The van der Waals surface area contributed by atoms with Crippen LogP contribution in [0.2, 0.25) is 10.0 Å². The third-order valence-electron chi connectivity index (χ3n) is 15.8. The van der Waals surface area contributed by atoms with Crippen molar-refractivity contribution in [2.75, 3.05) is 39.3 Å². The van der Waals surface area contributed by atoms with Crippen molar-refractivity contribution in [1.29, 1.82) is 0 Å². The summed E-state index contributed by atoms with van der Waals surface area (Å²) in [5, 5.41) is 20.8. The number of halogens is 2. The number of carbonyl (C=O) groups is 4. The van der Waals surface area contributed by atoms with Crippen molar-refractivity contribution >= 4 is 46.6 Å². The Bertz CT molecular complexity index is 1860. The molecule has 66 heavy (non-hydrogen) atoms. The molecule has 4 saturated carbocycles. The van der Waals surface area contributed by atoms with E-state index in [1.54, 1.807) is 0 Å². The number of aliphatic hydroxyl groups excluding tert-OH is 2. The van der Waals surface area contributed by atoms with Crippen molar-refractivity contribution in [1.82, 2.24) is 19.6 Å². The molecule has 6 aliphatic rings. The van der Waals surface area contributed by atoms with E-state index in [2.05, 4.69) is 47.3 Å². The number of nitrogens with zero attached hydrogens (tertiary/aromatic N) is 4. The smallest absolute Gasteiger partial charge is 0.223 e. The highest BCUT2D eigenvalue weighted by Crippen LogP contribution is 2.35. The summed E-state index contributed by atoms with van der Waals surface area (Å²) in [5.74, 6) is 3.23. The van der Waals surface area contributed by atoms with Gasteiger partial charge in [-0.25, -0.2) is 0 Å². The second-order valence-electron chi connectivity index (χ2n) is 21.5. The van der Waals surface area contributed by atoms with Crippen molar-refractivity contribution in [3.8, 4) is 0 Å². The number of carbonyl (C=O) groups excluding carboxylic acids is 4. The molecule has 6 fully saturated rings. The van der Waals surface area contributed by atoms with E-state index in [1.807, 2.05) is 24.3 Å². The standard InChI is InChI=1S/2C27H39ClN2O3/c2*1-18-16-29(9-10-30(18)27(33)12-21-3-4-21)17-23-14-24(28)13-22(19(23)2)15-26(32)11-20-5-7-25(31)8-6-20/h2*13-14,18,20-21,25,31H,3-12,15-17H2,1-2H3/t2*18-,20?,25?/m00/s1. The van der Waals surface area contributed by atoms with E-state index in [1.165, 1.54) is 36.8 Å². The second kappa shape index (κ2) is 23.6. The first-order valence-electron chi connectivity index (χ1n) is 25.6. The summed E-state index contributed by atoms with van der Waals surface area (Å²) in [7, 11) is 0. The lowest BCUT2D eigenvalue weighted by Gasteiger charge is -2.40. The highest BCUT2D eigenvalue weighted by Gasteiger charge is 2.34. The molecule has 0 bridgehead atoms. The first-order chi connectivity index (χ1) is 31.6. The quantitative estimate of drug-likeness (QED) is 0.171. The summed E-state index contributed by atoms with van der Waals surface area (Å²) >= 11 is 12.9. The molecule has 12 heteroatoms. The Morgan fingerprint density at radius 3 is 1.15 bits per heavy atom. The Kier molecular flexibility index (Phi) is 18.3. The molecule has 8 rings (SSSR count). The van der Waals surface area contributed by atoms with Gasteiger partial charge in [-0.05, 0) is 186 Å². The molecule has 2 aromatic rings. The number of aliphatic hydroxyl groups is 2. The van der Waals surface area contributed by atoms with Crippen LogP contribution in [0.25, 0.3) is 0 Å². The molecule has 2 atom stereocenters. The van der Waals surface area contributed by atoms with Crippen LogP contribution in [0.3, 0.4) is 0 Å². The average molecular weight is 950 g/mol. The van der Waals surface area contributed by atoms with Gasteiger partial charge in [0.1, 0.15) is 11.6 Å². The number of hydrogen-bond acceptors (Lipinski definition) is 8. The van der Waals surface area contributed by atoms with Crippen molar-refractivity contribution in [3.05, 3.63) is 67.7 Å². The molecule has 2 saturated heterocycles. The Morgan fingerprint density at radius 1 is 0.500 bits per heavy atom. The monoisotopic (exact) mass is 949 g/mol. The minimum absolute atomic E-state index is 0.185. The Morgan fingerprint density at radius 2 is 0.818 bits per heavy atom. The van der Waals surface area contributed by atoms with Crippen LogP contribution in [0.1, 0.15) is 150 Å². The molecule has 0 radical (unpaired) electrons. The molecule has 0 aromatic heterocycles. The van der Waals surface area contributed by atoms with E-state index in [0.717, 1.165) is 139 Å². The van der Waals surface area contributed by atoms with Crippen LogP contribution in [0.4, 0.5) is 0 Å². The van der Waals surface area contributed by atoms with Gasteiger partial charge < -0.3 is 20.0 Å². The van der Waals surface area contributed by atoms with Crippen molar-refractivity contribution in [2.24, 2.45) is 23.7 Å². The van der Waals surface area contributed by atoms with Gasteiger partial charge in [0.25, 0.3) is 0 Å². The molecule has 10 nitrogen and oxygen atoms in total. The van der Waals surface area contributed by atoms with E-state index >= 15 is 0 Å². The predicted molar refractivity (Wildman–Crippen MR) is 263 cm³/mol. The highest BCUT2D eigenvalue weighted by atomic mass is 35.5. The summed E-state index contributed by atoms with van der Waals surface area (Å²) in [6.07, 6.45) is 15.0. The zero-order chi connectivity index (χ0) is 47.1. The fraction of sp³-hybridized carbons (Fsp3) is 0.704. The van der Waals surface area contributed by atoms with E-state index in [-0.39, 0.29) is 35.9 Å². The summed E-state index contributed by atoms with van der Waals surface area (Å²) < 4.78 is 0. The zero-order valence-electron chi connectivity index (χ0n) is 40.4. The molecule has 364 valence electrons. The fourth-order valence-electron chi connectivity index (χ4n) is 11.1. The number of benzene rings is 2. The number of hydrogen-bond donors (Lipinski definition) is 2. The minimum Gasteiger partial charge on any atom is -0.393 e. The van der Waals surface area contributed by atoms with Crippen LogP contribution in [0, 0.1) is 37.5 Å². The third-order valence-corrected chi connectivity index (χ3v) is 16.2. The van der Waals surface area contributed by atoms with Crippen molar-refractivity contribution < 1.29 is 29.4 Å². The van der Waals surface area contributed by atoms with Crippen LogP contribution in [-0.4, -0.2) is 117 Å². The molecule has 4 aliphatic carbocycles. The number of rotatable bonds is 16. The van der Waals surface area contributed by atoms with E-state index in [9.17, 15) is 29.4 Å². The highest BCUT2D eigenvalue weighted by molar-refractivity contribution is 6.31. The van der Waals surface area contributed by atoms with E-state index < -0.39 is 0 Å². The zero-order valence-corrected chi connectivity index (χ0v) is 41.9. The van der Waals surface area contributed by atoms with Gasteiger partial charge in [0.15, 0.2) is 0 Å². The number of amides is 2. The molecule has 2 amide bonds. The molecule has 2 N–H and O–H groups in total. The van der Waals surface area contributed by atoms with Gasteiger partial charge in [0.05, 0.1) is 12.2 Å². The van der Waals surface area contributed by atoms with Crippen LogP contribution in [0.15, 0.2) is 24.3 Å². The van der Waals surface area contributed by atoms with Gasteiger partial charge in [0.2, 0.25) is 11.8 Å². The van der Waals surface area contributed by atoms with Gasteiger partial charge in [-0.15, -0.1) is 0 Å². The van der Waals surface area contributed by atoms with Crippen LogP contribution in [-0.2, 0) is 45.1 Å². The third kappa shape index (κ3) is 15.1. The molecule has 0 spiro atoms. The summed E-state index contributed by atoms with van der Waals surface area (Å²) in [6.45, 7) is 15.1. The second-order valence-corrected chi connectivity index (χ2v) is 22.4. The lowest BCUT2D eigenvalue weighted by Crippen LogP contribution is -2.53. The normalized spacial score (nSPS) is 26.4. The fourth-order valence-corrected chi connectivity index (χ4v) is 11.7. The van der Waals surface area contributed by atoms with Gasteiger partial charge in [-0.3, -0.25) is 29.0 Å². The maximum Gasteiger partial charge on any atom is 0.223 e. The maximum atomic E-state index is 12.8. The van der Waals surface area contributed by atoms with Gasteiger partial charge in [-0.1, -0.05) is 23.2 Å². The Hall–Kier alpha value is -2.86. The molecule has 2 heterocycles. The molecular weight excluding hydrogens is 872 g/mol. The largest absolute Gasteiger partial charge is 0.393 e. The molecule has 2 aromatic carbocycles. The topological polar surface area (TPSA) is 122 Å². The first kappa shape index (κ1) is 51.0. The van der Waals surface area contributed by atoms with E-state index in [4.69, 9.17) is 23.2 Å². The predicted octanol–water partition coefficient (Wildman–Crippen LogP) is 9.07. The van der Waals surface area contributed by atoms with Gasteiger partial charge in [0, 0.05) is 113 Å².